The number of aryl methyl sites for hydroxylation is 1. The Labute approximate surface area is 204 Å². The molecule has 1 amide bonds. The number of carbonyl (C=O) groups is 1. The second-order valence-electron chi connectivity index (χ2n) is 7.93. The van der Waals surface area contributed by atoms with Crippen LogP contribution in [0.1, 0.15) is 46.1 Å². The Morgan fingerprint density at radius 3 is 2.40 bits per heavy atom. The lowest BCUT2D eigenvalue weighted by atomic mass is 9.98. The van der Waals surface area contributed by atoms with E-state index in [1.807, 2.05) is 6.92 Å². The number of aromatic nitrogens is 2. The third-order valence-corrected chi connectivity index (χ3v) is 6.89. The first-order valence-electron chi connectivity index (χ1n) is 11.0. The average Bonchev–Trinajstić information content (AvgIpc) is 3.45. The first kappa shape index (κ1) is 22.9. The number of anilines is 1. The van der Waals surface area contributed by atoms with Gasteiger partial charge in [0.15, 0.2) is 16.9 Å². The van der Waals surface area contributed by atoms with Crippen molar-refractivity contribution < 1.29 is 23.4 Å². The smallest absolute Gasteiger partial charge is 0.297 e. The van der Waals surface area contributed by atoms with Gasteiger partial charge in [-0.3, -0.25) is 14.5 Å². The molecule has 0 spiro atoms. The van der Waals surface area contributed by atoms with E-state index in [1.165, 1.54) is 37.6 Å². The van der Waals surface area contributed by atoms with Crippen LogP contribution >= 0.6 is 11.3 Å². The summed E-state index contributed by atoms with van der Waals surface area (Å²) in [6, 6.07) is 9.50. The van der Waals surface area contributed by atoms with E-state index >= 15 is 0 Å². The summed E-state index contributed by atoms with van der Waals surface area (Å²) in [5, 5.41) is 10.1. The van der Waals surface area contributed by atoms with Crippen LogP contribution in [0.25, 0.3) is 11.0 Å². The number of nitrogens with zero attached hydrogens (tertiary/aromatic N) is 3. The maximum absolute atomic E-state index is 13.7. The molecular weight excluding hydrogens is 470 g/mol. The summed E-state index contributed by atoms with van der Waals surface area (Å²) in [4.78, 5) is 28.9. The Bertz CT molecular complexity index is 1470. The second kappa shape index (κ2) is 9.03. The van der Waals surface area contributed by atoms with Crippen LogP contribution in [0.2, 0.25) is 0 Å². The molecule has 180 valence electrons. The molecule has 0 radical (unpaired) electrons. The number of amides is 1. The number of carbonyl (C=O) groups excluding carboxylic acids is 1. The summed E-state index contributed by atoms with van der Waals surface area (Å²) < 4.78 is 22.5. The van der Waals surface area contributed by atoms with E-state index in [2.05, 4.69) is 10.2 Å². The summed E-state index contributed by atoms with van der Waals surface area (Å²) in [7, 11) is 4.53. The first-order valence-corrected chi connectivity index (χ1v) is 11.9. The zero-order chi connectivity index (χ0) is 24.7. The highest BCUT2D eigenvalue weighted by molar-refractivity contribution is 7.15. The highest BCUT2D eigenvalue weighted by Crippen LogP contribution is 2.46. The predicted molar refractivity (Wildman–Crippen MR) is 131 cm³/mol. The maximum Gasteiger partial charge on any atom is 0.297 e. The Hall–Kier alpha value is -3.92. The van der Waals surface area contributed by atoms with Crippen molar-refractivity contribution >= 4 is 33.3 Å². The lowest BCUT2D eigenvalue weighted by Gasteiger charge is -2.24. The maximum atomic E-state index is 13.7. The fourth-order valence-corrected chi connectivity index (χ4v) is 5.32. The topological polar surface area (TPSA) is 104 Å². The molecule has 0 fully saturated rings. The van der Waals surface area contributed by atoms with Gasteiger partial charge in [-0.25, -0.2) is 0 Å². The fourth-order valence-electron chi connectivity index (χ4n) is 4.35. The van der Waals surface area contributed by atoms with Crippen molar-refractivity contribution in [1.82, 2.24) is 10.2 Å². The van der Waals surface area contributed by atoms with Gasteiger partial charge in [-0.1, -0.05) is 30.4 Å². The van der Waals surface area contributed by atoms with Gasteiger partial charge in [0.1, 0.15) is 10.6 Å². The van der Waals surface area contributed by atoms with Gasteiger partial charge in [0.25, 0.3) is 5.91 Å². The molecule has 1 aliphatic rings. The van der Waals surface area contributed by atoms with E-state index in [-0.39, 0.29) is 16.8 Å². The van der Waals surface area contributed by atoms with E-state index in [1.54, 1.807) is 36.4 Å². The predicted octanol–water partition coefficient (Wildman–Crippen LogP) is 4.37. The largest absolute Gasteiger partial charge is 0.493 e. The highest BCUT2D eigenvalue weighted by Gasteiger charge is 2.45. The van der Waals surface area contributed by atoms with Gasteiger partial charge in [-0.2, -0.15) is 0 Å². The Kier molecular flexibility index (Phi) is 5.89. The summed E-state index contributed by atoms with van der Waals surface area (Å²) in [6.07, 6.45) is 1.63. The van der Waals surface area contributed by atoms with Gasteiger partial charge in [-0.15, -0.1) is 10.2 Å². The van der Waals surface area contributed by atoms with Gasteiger partial charge in [0, 0.05) is 6.42 Å². The van der Waals surface area contributed by atoms with Crippen LogP contribution in [0.4, 0.5) is 5.13 Å². The second-order valence-corrected chi connectivity index (χ2v) is 8.98. The summed E-state index contributed by atoms with van der Waals surface area (Å²) in [6.45, 7) is 2.05. The summed E-state index contributed by atoms with van der Waals surface area (Å²) in [5.74, 6) is 0.732. The van der Waals surface area contributed by atoms with Crippen molar-refractivity contribution in [2.45, 2.75) is 25.8 Å². The van der Waals surface area contributed by atoms with Crippen LogP contribution in [-0.4, -0.2) is 37.4 Å². The van der Waals surface area contributed by atoms with Crippen molar-refractivity contribution in [2.75, 3.05) is 26.2 Å². The highest BCUT2D eigenvalue weighted by atomic mass is 32.1. The molecule has 35 heavy (non-hydrogen) atoms. The molecule has 3 heterocycles. The Balaban J connectivity index is 1.79. The standard InChI is InChI=1S/C25H23N3O6S/c1-5-8-18-26-27-25(35-18)28-20(13-11-16(31-2)22(33-4)17(12-13)32-3)19-21(29)14-9-6-7-10-15(14)34-23(19)24(28)30/h6-7,9-12,20H,5,8H2,1-4H3. The van der Waals surface area contributed by atoms with E-state index in [0.29, 0.717) is 38.9 Å². The van der Waals surface area contributed by atoms with Gasteiger partial charge in [0.2, 0.25) is 16.6 Å². The molecule has 2 aromatic heterocycles. The molecular formula is C25H23N3O6S. The SMILES string of the molecule is CCCc1nnc(N2C(=O)c3oc4ccccc4c(=O)c3C2c2cc(OC)c(OC)c(OC)c2)s1. The molecule has 0 bridgehead atoms. The Morgan fingerprint density at radius 1 is 1.03 bits per heavy atom. The molecule has 4 aromatic rings. The number of methoxy groups -OCH3 is 3. The number of fused-ring (bicyclic) bond motifs is 2. The fraction of sp³-hybridized carbons (Fsp3) is 0.280. The normalized spacial score (nSPS) is 14.9. The molecule has 0 saturated carbocycles. The minimum absolute atomic E-state index is 0.0142. The zero-order valence-corrected chi connectivity index (χ0v) is 20.5. The molecule has 2 aromatic carbocycles. The monoisotopic (exact) mass is 493 g/mol. The summed E-state index contributed by atoms with van der Waals surface area (Å²) >= 11 is 1.32. The minimum Gasteiger partial charge on any atom is -0.493 e. The third kappa shape index (κ3) is 3.61. The number of hydrogen-bond acceptors (Lipinski definition) is 9. The first-order chi connectivity index (χ1) is 17.0. The molecule has 0 saturated heterocycles. The number of para-hydroxylation sites is 1. The van der Waals surface area contributed by atoms with Crippen LogP contribution in [0.15, 0.2) is 45.6 Å². The van der Waals surface area contributed by atoms with Gasteiger partial charge >= 0.3 is 0 Å². The lowest BCUT2D eigenvalue weighted by molar-refractivity contribution is 0.0970. The van der Waals surface area contributed by atoms with E-state index in [4.69, 9.17) is 18.6 Å². The third-order valence-electron chi connectivity index (χ3n) is 5.91. The van der Waals surface area contributed by atoms with Crippen molar-refractivity contribution in [1.29, 1.82) is 0 Å². The van der Waals surface area contributed by atoms with Crippen molar-refractivity contribution in [3.8, 4) is 17.2 Å². The molecule has 10 heteroatoms. The van der Waals surface area contributed by atoms with Gasteiger partial charge in [0.05, 0.1) is 38.3 Å². The minimum atomic E-state index is -0.825. The molecule has 0 N–H and O–H groups in total. The quantitative estimate of drug-likeness (QED) is 0.374. The summed E-state index contributed by atoms with van der Waals surface area (Å²) in [5.41, 5.74) is 0.880. The number of ether oxygens (including phenoxy) is 3. The Morgan fingerprint density at radius 2 is 1.74 bits per heavy atom. The van der Waals surface area contributed by atoms with Crippen molar-refractivity contribution in [3.63, 3.8) is 0 Å². The zero-order valence-electron chi connectivity index (χ0n) is 19.7. The van der Waals surface area contributed by atoms with Gasteiger partial charge in [-0.05, 0) is 36.2 Å². The van der Waals surface area contributed by atoms with Gasteiger partial charge < -0.3 is 18.6 Å². The van der Waals surface area contributed by atoms with Crippen LogP contribution in [0, 0.1) is 0 Å². The van der Waals surface area contributed by atoms with Crippen LogP contribution in [0.3, 0.4) is 0 Å². The number of benzene rings is 2. The molecule has 5 rings (SSSR count). The van der Waals surface area contributed by atoms with E-state index < -0.39 is 11.9 Å². The molecule has 1 aliphatic heterocycles. The molecule has 1 unspecified atom stereocenters. The number of rotatable bonds is 7. The van der Waals surface area contributed by atoms with Crippen molar-refractivity contribution in [2.24, 2.45) is 0 Å². The van der Waals surface area contributed by atoms with E-state index in [9.17, 15) is 9.59 Å². The van der Waals surface area contributed by atoms with Crippen LogP contribution in [0.5, 0.6) is 17.2 Å². The average molecular weight is 494 g/mol. The van der Waals surface area contributed by atoms with Crippen LogP contribution in [-0.2, 0) is 6.42 Å². The molecule has 1 atom stereocenters. The van der Waals surface area contributed by atoms with E-state index in [0.717, 1.165) is 17.8 Å². The molecule has 9 nitrogen and oxygen atoms in total. The lowest BCUT2D eigenvalue weighted by Crippen LogP contribution is -2.29. The van der Waals surface area contributed by atoms with Crippen LogP contribution < -0.4 is 24.5 Å². The molecule has 0 aliphatic carbocycles. The number of hydrogen-bond donors (Lipinski definition) is 0. The van der Waals surface area contributed by atoms with Crippen molar-refractivity contribution in [3.05, 3.63) is 68.5 Å².